The highest BCUT2D eigenvalue weighted by Gasteiger charge is 2.57. The fraction of sp³-hybridized carbons (Fsp3) is 0.316. The first-order chi connectivity index (χ1) is 12.3. The van der Waals surface area contributed by atoms with Crippen LogP contribution in [-0.4, -0.2) is 45.2 Å². The molecular weight excluding hydrogens is 397 g/mol. The van der Waals surface area contributed by atoms with Crippen LogP contribution in [-0.2, 0) is 4.74 Å². The molecule has 0 radical (unpaired) electrons. The monoisotopic (exact) mass is 411 g/mol. The Bertz CT molecular complexity index is 814. The normalized spacial score (nSPS) is 18.1. The Balaban J connectivity index is 1.45. The Hall–Kier alpha value is -1.46. The second-order valence-electron chi connectivity index (χ2n) is 6.69. The third kappa shape index (κ3) is 2.85. The van der Waals surface area contributed by atoms with Gasteiger partial charge in [0.1, 0.15) is 12.2 Å². The summed E-state index contributed by atoms with van der Waals surface area (Å²) in [5.41, 5.74) is 3.08. The zero-order valence-electron chi connectivity index (χ0n) is 13.7. The smallest absolute Gasteiger partial charge is 0.409 e. The summed E-state index contributed by atoms with van der Waals surface area (Å²) in [6.07, 6.45) is -0.522. The summed E-state index contributed by atoms with van der Waals surface area (Å²) >= 11 is 17.2. The molecule has 2 aromatic rings. The van der Waals surface area contributed by atoms with Crippen molar-refractivity contribution in [2.75, 3.05) is 19.7 Å². The molecule has 1 saturated heterocycles. The Kier molecular flexibility index (Phi) is 4.35. The van der Waals surface area contributed by atoms with Gasteiger partial charge in [-0.1, -0.05) is 83.3 Å². The molecule has 0 aromatic heterocycles. The van der Waals surface area contributed by atoms with Crippen molar-refractivity contribution >= 4 is 40.9 Å². The van der Waals surface area contributed by atoms with Gasteiger partial charge in [0.15, 0.2) is 0 Å². The van der Waals surface area contributed by atoms with Crippen molar-refractivity contribution in [3.8, 4) is 11.1 Å². The van der Waals surface area contributed by atoms with Crippen molar-refractivity contribution in [1.82, 2.24) is 4.90 Å². The highest BCUT2D eigenvalue weighted by Crippen LogP contribution is 2.45. The van der Waals surface area contributed by atoms with Crippen molar-refractivity contribution in [3.05, 3.63) is 59.7 Å². The molecule has 1 N–H and O–H groups in total. The largest absolute Gasteiger partial charge is 0.448 e. The summed E-state index contributed by atoms with van der Waals surface area (Å²) in [6.45, 7) is 0.0793. The topological polar surface area (TPSA) is 49.8 Å². The molecule has 1 aliphatic carbocycles. The van der Waals surface area contributed by atoms with E-state index in [4.69, 9.17) is 39.5 Å². The van der Waals surface area contributed by atoms with E-state index >= 15 is 0 Å². The van der Waals surface area contributed by atoms with Gasteiger partial charge in [-0.15, -0.1) is 0 Å². The van der Waals surface area contributed by atoms with E-state index in [1.165, 1.54) is 16.0 Å². The van der Waals surface area contributed by atoms with Crippen molar-refractivity contribution in [3.63, 3.8) is 0 Å². The number of nitrogens with zero attached hydrogens (tertiary/aromatic N) is 1. The first-order valence-electron chi connectivity index (χ1n) is 8.19. The van der Waals surface area contributed by atoms with E-state index in [2.05, 4.69) is 24.3 Å². The van der Waals surface area contributed by atoms with Crippen LogP contribution in [0.4, 0.5) is 4.79 Å². The number of fused-ring (bicyclic) bond motifs is 3. The van der Waals surface area contributed by atoms with Gasteiger partial charge >= 0.3 is 6.09 Å². The fourth-order valence-electron chi connectivity index (χ4n) is 3.58. The molecule has 26 heavy (non-hydrogen) atoms. The predicted octanol–water partition coefficient (Wildman–Crippen LogP) is 4.35. The summed E-state index contributed by atoms with van der Waals surface area (Å²) < 4.78 is 3.66. The van der Waals surface area contributed by atoms with E-state index in [9.17, 15) is 9.90 Å². The van der Waals surface area contributed by atoms with Crippen molar-refractivity contribution in [1.29, 1.82) is 0 Å². The van der Waals surface area contributed by atoms with Crippen molar-refractivity contribution < 1.29 is 14.6 Å². The number of carbonyl (C=O) groups excluding carboxylic acids is 1. The maximum atomic E-state index is 12.3. The molecule has 2 aliphatic rings. The first-order valence-corrected chi connectivity index (χ1v) is 9.32. The Morgan fingerprint density at radius 2 is 1.58 bits per heavy atom. The summed E-state index contributed by atoms with van der Waals surface area (Å²) in [4.78, 5) is 13.6. The summed E-state index contributed by atoms with van der Waals surface area (Å²) in [5.74, 6) is -0.0142. The zero-order chi connectivity index (χ0) is 18.5. The van der Waals surface area contributed by atoms with Crippen LogP contribution in [0.2, 0.25) is 0 Å². The van der Waals surface area contributed by atoms with Crippen LogP contribution in [0, 0.1) is 0 Å². The molecule has 1 amide bonds. The van der Waals surface area contributed by atoms with Crippen LogP contribution in [0.15, 0.2) is 48.5 Å². The summed E-state index contributed by atoms with van der Waals surface area (Å²) in [6, 6.07) is 16.2. The Labute approximate surface area is 166 Å². The molecular formula is C19H16Cl3NO3. The molecule has 0 spiro atoms. The number of aliphatic hydroxyl groups is 1. The fourth-order valence-corrected chi connectivity index (χ4v) is 3.94. The quantitative estimate of drug-likeness (QED) is 0.746. The van der Waals surface area contributed by atoms with Crippen LogP contribution < -0.4 is 0 Å². The molecule has 4 rings (SSSR count). The molecule has 1 heterocycles. The number of hydrogen-bond acceptors (Lipinski definition) is 3. The molecule has 7 heteroatoms. The van der Waals surface area contributed by atoms with E-state index in [-0.39, 0.29) is 25.6 Å². The number of halogens is 3. The maximum absolute atomic E-state index is 12.3. The SMILES string of the molecule is O=C(OCC1c2ccccc2-c2ccccc21)N1CC(O)(C(Cl)(Cl)Cl)C1. The average Bonchev–Trinajstić information content (AvgIpc) is 2.90. The summed E-state index contributed by atoms with van der Waals surface area (Å²) in [7, 11) is 0. The van der Waals surface area contributed by atoms with E-state index in [1.807, 2.05) is 24.3 Å². The van der Waals surface area contributed by atoms with Gasteiger partial charge in [0, 0.05) is 5.92 Å². The van der Waals surface area contributed by atoms with Gasteiger partial charge in [0.2, 0.25) is 3.79 Å². The lowest BCUT2D eigenvalue weighted by atomic mass is 9.96. The number of ether oxygens (including phenoxy) is 1. The third-order valence-electron chi connectivity index (χ3n) is 5.03. The van der Waals surface area contributed by atoms with E-state index < -0.39 is 15.5 Å². The second kappa shape index (κ2) is 6.31. The Morgan fingerprint density at radius 1 is 1.08 bits per heavy atom. The Morgan fingerprint density at radius 3 is 2.08 bits per heavy atom. The number of alkyl halides is 3. The van der Waals surface area contributed by atoms with Gasteiger partial charge in [0.25, 0.3) is 0 Å². The van der Waals surface area contributed by atoms with Gasteiger partial charge in [-0.2, -0.15) is 0 Å². The number of benzene rings is 2. The predicted molar refractivity (Wildman–Crippen MR) is 102 cm³/mol. The third-order valence-corrected chi connectivity index (χ3v) is 6.08. The average molecular weight is 413 g/mol. The van der Waals surface area contributed by atoms with Gasteiger partial charge in [-0.25, -0.2) is 4.79 Å². The molecule has 0 atom stereocenters. The van der Waals surface area contributed by atoms with E-state index in [1.54, 1.807) is 0 Å². The van der Waals surface area contributed by atoms with Gasteiger partial charge in [0.05, 0.1) is 13.1 Å². The number of hydrogen-bond donors (Lipinski definition) is 1. The number of amides is 1. The minimum absolute atomic E-state index is 0.0142. The molecule has 0 unspecified atom stereocenters. The number of rotatable bonds is 2. The minimum atomic E-state index is -1.84. The van der Waals surface area contributed by atoms with Crippen molar-refractivity contribution in [2.24, 2.45) is 0 Å². The van der Waals surface area contributed by atoms with Gasteiger partial charge in [-0.05, 0) is 22.3 Å². The molecule has 2 aromatic carbocycles. The van der Waals surface area contributed by atoms with E-state index in [0.717, 1.165) is 11.1 Å². The van der Waals surface area contributed by atoms with Crippen LogP contribution in [0.25, 0.3) is 11.1 Å². The van der Waals surface area contributed by atoms with Crippen LogP contribution in [0.1, 0.15) is 17.0 Å². The van der Waals surface area contributed by atoms with Crippen molar-refractivity contribution in [2.45, 2.75) is 15.3 Å². The number of likely N-dealkylation sites (tertiary alicyclic amines) is 1. The van der Waals surface area contributed by atoms with Crippen LogP contribution >= 0.6 is 34.8 Å². The van der Waals surface area contributed by atoms with Gasteiger partial charge in [-0.3, -0.25) is 0 Å². The van der Waals surface area contributed by atoms with Gasteiger partial charge < -0.3 is 14.7 Å². The van der Waals surface area contributed by atoms with Crippen LogP contribution in [0.5, 0.6) is 0 Å². The standard InChI is InChI=1S/C19H16Cl3NO3/c20-19(21,22)18(25)10-23(11-18)17(24)26-9-16-14-7-3-1-5-12(14)13-6-2-4-8-15(13)16/h1-8,16,25H,9-11H2. The second-order valence-corrected chi connectivity index (χ2v) is 8.97. The summed E-state index contributed by atoms with van der Waals surface area (Å²) in [5, 5.41) is 10.2. The minimum Gasteiger partial charge on any atom is -0.448 e. The lowest BCUT2D eigenvalue weighted by Crippen LogP contribution is -2.69. The highest BCUT2D eigenvalue weighted by molar-refractivity contribution is 6.68. The highest BCUT2D eigenvalue weighted by atomic mass is 35.6. The van der Waals surface area contributed by atoms with Crippen LogP contribution in [0.3, 0.4) is 0 Å². The molecule has 1 fully saturated rings. The molecule has 4 nitrogen and oxygen atoms in total. The lowest BCUT2D eigenvalue weighted by Gasteiger charge is -2.48. The number of carbonyl (C=O) groups is 1. The molecule has 136 valence electrons. The van der Waals surface area contributed by atoms with E-state index in [0.29, 0.717) is 0 Å². The molecule has 0 saturated carbocycles. The molecule has 0 bridgehead atoms. The lowest BCUT2D eigenvalue weighted by molar-refractivity contribution is -0.0856. The molecule has 1 aliphatic heterocycles. The first kappa shape index (κ1) is 17.9. The zero-order valence-corrected chi connectivity index (χ0v) is 15.9. The number of β-amino-alcohol motifs (C(OH)–C–C–N with tert-alkyl or cyclic N) is 1. The maximum Gasteiger partial charge on any atom is 0.409 e.